The summed E-state index contributed by atoms with van der Waals surface area (Å²) in [6.45, 7) is 1.12. The summed E-state index contributed by atoms with van der Waals surface area (Å²) in [4.78, 5) is 45.1. The molecule has 0 spiro atoms. The first-order chi connectivity index (χ1) is 15.5. The van der Waals surface area contributed by atoms with Crippen molar-refractivity contribution in [3.63, 3.8) is 0 Å². The molecule has 0 atom stereocenters. The standard InChI is InChI=1S/C23H23N5O4/c29-21(26-32)10-8-16-4-3-5-17(24-16)9-11-22(30)27-14-12-18(13-15-27)28-20-7-2-1-6-19(20)25-23(28)31/h1-11,18,32H,12-15H2,(H,25,31)(H,26,29)/b10-8+,11-9+. The smallest absolute Gasteiger partial charge is 0.326 e. The number of nitrogens with one attached hydrogen (secondary N) is 2. The van der Waals surface area contributed by atoms with E-state index in [1.807, 2.05) is 24.3 Å². The third-order valence-corrected chi connectivity index (χ3v) is 5.47. The second-order valence-corrected chi connectivity index (χ2v) is 7.50. The van der Waals surface area contributed by atoms with Crippen molar-refractivity contribution in [3.05, 3.63) is 76.5 Å². The largest absolute Gasteiger partial charge is 0.339 e. The van der Waals surface area contributed by atoms with Gasteiger partial charge in [0.2, 0.25) is 5.91 Å². The molecular formula is C23H23N5O4. The minimum Gasteiger partial charge on any atom is -0.339 e. The van der Waals surface area contributed by atoms with Gasteiger partial charge in [-0.2, -0.15) is 0 Å². The number of piperidine rings is 1. The van der Waals surface area contributed by atoms with E-state index in [1.54, 1.807) is 33.7 Å². The Bertz CT molecular complexity index is 1250. The number of amides is 2. The van der Waals surface area contributed by atoms with E-state index in [0.29, 0.717) is 37.3 Å². The highest BCUT2D eigenvalue weighted by Gasteiger charge is 2.25. The van der Waals surface area contributed by atoms with Crippen LogP contribution in [0, 0.1) is 0 Å². The van der Waals surface area contributed by atoms with Crippen molar-refractivity contribution in [2.75, 3.05) is 13.1 Å². The maximum Gasteiger partial charge on any atom is 0.326 e. The lowest BCUT2D eigenvalue weighted by molar-refractivity contribution is -0.127. The predicted molar refractivity (Wildman–Crippen MR) is 120 cm³/mol. The number of imidazole rings is 1. The zero-order chi connectivity index (χ0) is 22.5. The fourth-order valence-corrected chi connectivity index (χ4v) is 3.90. The van der Waals surface area contributed by atoms with Gasteiger partial charge in [0.25, 0.3) is 5.91 Å². The molecule has 164 valence electrons. The van der Waals surface area contributed by atoms with Gasteiger partial charge in [0.15, 0.2) is 0 Å². The van der Waals surface area contributed by atoms with E-state index in [0.717, 1.165) is 17.1 Å². The van der Waals surface area contributed by atoms with Crippen LogP contribution in [0.2, 0.25) is 0 Å². The molecule has 1 fully saturated rings. The second kappa shape index (κ2) is 9.44. The first-order valence-electron chi connectivity index (χ1n) is 10.3. The number of rotatable bonds is 5. The lowest BCUT2D eigenvalue weighted by Gasteiger charge is -2.32. The van der Waals surface area contributed by atoms with E-state index in [2.05, 4.69) is 9.97 Å². The Kier molecular flexibility index (Phi) is 6.27. The van der Waals surface area contributed by atoms with Crippen molar-refractivity contribution in [3.8, 4) is 0 Å². The number of aromatic amines is 1. The third-order valence-electron chi connectivity index (χ3n) is 5.47. The van der Waals surface area contributed by atoms with Gasteiger partial charge >= 0.3 is 5.69 Å². The van der Waals surface area contributed by atoms with Crippen molar-refractivity contribution >= 4 is 35.0 Å². The van der Waals surface area contributed by atoms with Gasteiger partial charge in [-0.25, -0.2) is 15.3 Å². The number of carbonyl (C=O) groups is 2. The Labute approximate surface area is 183 Å². The van der Waals surface area contributed by atoms with Crippen molar-refractivity contribution in [1.82, 2.24) is 24.9 Å². The van der Waals surface area contributed by atoms with Crippen LogP contribution in [0.4, 0.5) is 0 Å². The monoisotopic (exact) mass is 433 g/mol. The van der Waals surface area contributed by atoms with Gasteiger partial charge in [-0.15, -0.1) is 0 Å². The first-order valence-corrected chi connectivity index (χ1v) is 10.3. The van der Waals surface area contributed by atoms with Crippen LogP contribution in [0.5, 0.6) is 0 Å². The number of H-pyrrole nitrogens is 1. The molecule has 1 saturated heterocycles. The SMILES string of the molecule is O=C(/C=C/c1cccc(/C=C/C(=O)N2CCC(n3c(=O)[nH]c4ccccc43)CC2)n1)NO. The molecule has 3 aromatic rings. The molecule has 32 heavy (non-hydrogen) atoms. The molecule has 2 amide bonds. The highest BCUT2D eigenvalue weighted by Crippen LogP contribution is 2.25. The number of hydrogen-bond acceptors (Lipinski definition) is 5. The predicted octanol–water partition coefficient (Wildman–Crippen LogP) is 2.12. The molecule has 4 rings (SSSR count). The van der Waals surface area contributed by atoms with Gasteiger partial charge in [0.1, 0.15) is 0 Å². The lowest BCUT2D eigenvalue weighted by Crippen LogP contribution is -2.39. The van der Waals surface area contributed by atoms with Gasteiger partial charge < -0.3 is 9.88 Å². The molecule has 0 radical (unpaired) electrons. The van der Waals surface area contributed by atoms with E-state index < -0.39 is 5.91 Å². The van der Waals surface area contributed by atoms with E-state index in [9.17, 15) is 14.4 Å². The number of para-hydroxylation sites is 2. The third kappa shape index (κ3) is 4.68. The Balaban J connectivity index is 1.38. The number of hydroxylamine groups is 1. The fraction of sp³-hybridized carbons (Fsp3) is 0.217. The molecule has 0 aliphatic carbocycles. The van der Waals surface area contributed by atoms with E-state index in [4.69, 9.17) is 5.21 Å². The molecular weight excluding hydrogens is 410 g/mol. The number of likely N-dealkylation sites (tertiary alicyclic amines) is 1. The molecule has 0 unspecified atom stereocenters. The molecule has 1 aromatic carbocycles. The van der Waals surface area contributed by atoms with Crippen LogP contribution in [0.1, 0.15) is 30.3 Å². The Hall–Kier alpha value is -3.98. The Morgan fingerprint density at radius 1 is 1.03 bits per heavy atom. The summed E-state index contributed by atoms with van der Waals surface area (Å²) >= 11 is 0. The summed E-state index contributed by atoms with van der Waals surface area (Å²) in [5.74, 6) is -0.765. The number of aromatic nitrogens is 3. The molecule has 9 nitrogen and oxygen atoms in total. The summed E-state index contributed by atoms with van der Waals surface area (Å²) in [5, 5.41) is 8.52. The van der Waals surface area contributed by atoms with Crippen molar-refractivity contribution in [2.24, 2.45) is 0 Å². The van der Waals surface area contributed by atoms with Gasteiger partial charge in [0.05, 0.1) is 22.4 Å². The van der Waals surface area contributed by atoms with Crippen molar-refractivity contribution in [1.29, 1.82) is 0 Å². The van der Waals surface area contributed by atoms with Gasteiger partial charge in [0, 0.05) is 31.3 Å². The molecule has 3 heterocycles. The summed E-state index contributed by atoms with van der Waals surface area (Å²) in [7, 11) is 0. The highest BCUT2D eigenvalue weighted by atomic mass is 16.5. The van der Waals surface area contributed by atoms with Crippen LogP contribution < -0.4 is 11.2 Å². The van der Waals surface area contributed by atoms with Crippen LogP contribution in [0.15, 0.2) is 59.4 Å². The first kappa shape index (κ1) is 21.3. The maximum atomic E-state index is 12.6. The molecule has 0 saturated carbocycles. The molecule has 0 bridgehead atoms. The van der Waals surface area contributed by atoms with Gasteiger partial charge in [-0.1, -0.05) is 18.2 Å². The van der Waals surface area contributed by atoms with Crippen LogP contribution in [-0.4, -0.2) is 49.5 Å². The maximum absolute atomic E-state index is 12.6. The molecule has 2 aromatic heterocycles. The number of fused-ring (bicyclic) bond motifs is 1. The zero-order valence-corrected chi connectivity index (χ0v) is 17.3. The molecule has 1 aliphatic heterocycles. The van der Waals surface area contributed by atoms with Gasteiger partial charge in [-0.3, -0.25) is 19.4 Å². The van der Waals surface area contributed by atoms with Crippen LogP contribution in [-0.2, 0) is 9.59 Å². The summed E-state index contributed by atoms with van der Waals surface area (Å²) in [5.41, 5.74) is 4.20. The Morgan fingerprint density at radius 2 is 1.72 bits per heavy atom. The van der Waals surface area contributed by atoms with Crippen LogP contribution in [0.25, 0.3) is 23.2 Å². The summed E-state index contributed by atoms with van der Waals surface area (Å²) in [6, 6.07) is 12.9. The number of pyridine rings is 1. The van der Waals surface area contributed by atoms with Crippen LogP contribution >= 0.6 is 0 Å². The quantitative estimate of drug-likeness (QED) is 0.323. The van der Waals surface area contributed by atoms with Crippen molar-refractivity contribution in [2.45, 2.75) is 18.9 Å². The zero-order valence-electron chi connectivity index (χ0n) is 17.3. The topological polar surface area (TPSA) is 120 Å². The second-order valence-electron chi connectivity index (χ2n) is 7.50. The fourth-order valence-electron chi connectivity index (χ4n) is 3.90. The summed E-state index contributed by atoms with van der Waals surface area (Å²) < 4.78 is 1.80. The van der Waals surface area contributed by atoms with Gasteiger partial charge in [-0.05, 0) is 49.3 Å². The number of nitrogens with zero attached hydrogens (tertiary/aromatic N) is 3. The molecule has 9 heteroatoms. The lowest BCUT2D eigenvalue weighted by atomic mass is 10.0. The minimum absolute atomic E-state index is 0.0490. The number of hydrogen-bond donors (Lipinski definition) is 3. The number of benzene rings is 1. The number of carbonyl (C=O) groups excluding carboxylic acids is 2. The molecule has 3 N–H and O–H groups in total. The highest BCUT2D eigenvalue weighted by molar-refractivity contribution is 5.92. The minimum atomic E-state index is -0.652. The van der Waals surface area contributed by atoms with Crippen molar-refractivity contribution < 1.29 is 14.8 Å². The summed E-state index contributed by atoms with van der Waals surface area (Å²) in [6.07, 6.45) is 7.13. The van der Waals surface area contributed by atoms with Crippen LogP contribution in [0.3, 0.4) is 0 Å². The van der Waals surface area contributed by atoms with E-state index in [-0.39, 0.29) is 17.6 Å². The van der Waals surface area contributed by atoms with E-state index >= 15 is 0 Å². The normalized spacial score (nSPS) is 15.1. The van der Waals surface area contributed by atoms with E-state index in [1.165, 1.54) is 17.6 Å². The average molecular weight is 433 g/mol. The average Bonchev–Trinajstić information content (AvgIpc) is 3.17. The Morgan fingerprint density at radius 3 is 2.44 bits per heavy atom. The molecule has 1 aliphatic rings.